The van der Waals surface area contributed by atoms with Crippen LogP contribution in [0.25, 0.3) is 72.3 Å². The van der Waals surface area contributed by atoms with Crippen molar-refractivity contribution in [2.75, 3.05) is 0 Å². The Hall–Kier alpha value is -5.55. The Morgan fingerprint density at radius 2 is 1.31 bits per heavy atom. The predicted octanol–water partition coefficient (Wildman–Crippen LogP) is 12.0. The minimum atomic E-state index is -0.107. The standard InChI is InChI=1S/C47H47N4O/c1-28(2)37-23-33(31-15-11-10-12-16-31)24-38(29(3)4)43(37)51-40-18-14-13-17-39(40)50(9)45(51)42-30(5)19-21-36-35-22-20-32(25-41(35)52-44(36)42)34-26-48-46(49-27-34)47(6,7)8/h10-29H,1-9H3/q+1. The van der Waals surface area contributed by atoms with Crippen LogP contribution in [0.3, 0.4) is 0 Å². The lowest BCUT2D eigenvalue weighted by Gasteiger charge is -2.21. The quantitative estimate of drug-likeness (QED) is 0.164. The van der Waals surface area contributed by atoms with Gasteiger partial charge in [0.05, 0.1) is 7.05 Å². The maximum absolute atomic E-state index is 6.97. The molecule has 3 heterocycles. The molecule has 5 aromatic carbocycles. The summed E-state index contributed by atoms with van der Waals surface area (Å²) in [6.45, 7) is 17.9. The number of aryl methyl sites for hydroxylation is 2. The maximum atomic E-state index is 6.97. The molecule has 52 heavy (non-hydrogen) atoms. The molecule has 3 aromatic heterocycles. The lowest BCUT2D eigenvalue weighted by Crippen LogP contribution is -2.30. The van der Waals surface area contributed by atoms with E-state index in [0.717, 1.165) is 55.8 Å². The second kappa shape index (κ2) is 12.6. The number of benzene rings is 5. The van der Waals surface area contributed by atoms with Crippen molar-refractivity contribution >= 4 is 33.0 Å². The topological polar surface area (TPSA) is 47.7 Å². The Kier molecular flexibility index (Phi) is 8.13. The van der Waals surface area contributed by atoms with Gasteiger partial charge in [0.2, 0.25) is 0 Å². The fraction of sp³-hybridized carbons (Fsp3) is 0.255. The van der Waals surface area contributed by atoms with Crippen molar-refractivity contribution in [3.05, 3.63) is 132 Å². The fourth-order valence-corrected chi connectivity index (χ4v) is 7.70. The largest absolute Gasteiger partial charge is 0.455 e. The third-order valence-electron chi connectivity index (χ3n) is 10.5. The van der Waals surface area contributed by atoms with Gasteiger partial charge in [-0.25, -0.2) is 14.5 Å². The number of hydrogen-bond acceptors (Lipinski definition) is 3. The molecule has 0 unspecified atom stereocenters. The number of rotatable bonds is 6. The summed E-state index contributed by atoms with van der Waals surface area (Å²) in [5.41, 5.74) is 14.6. The van der Waals surface area contributed by atoms with Gasteiger partial charge >= 0.3 is 0 Å². The molecular weight excluding hydrogens is 637 g/mol. The van der Waals surface area contributed by atoms with Crippen molar-refractivity contribution < 1.29 is 8.98 Å². The van der Waals surface area contributed by atoms with Gasteiger partial charge in [-0.2, -0.15) is 4.57 Å². The van der Waals surface area contributed by atoms with E-state index < -0.39 is 0 Å². The number of hydrogen-bond donors (Lipinski definition) is 0. The first-order valence-electron chi connectivity index (χ1n) is 18.4. The summed E-state index contributed by atoms with van der Waals surface area (Å²) in [5, 5.41) is 2.20. The van der Waals surface area contributed by atoms with Crippen molar-refractivity contribution in [1.82, 2.24) is 14.5 Å². The molecule has 0 fully saturated rings. The van der Waals surface area contributed by atoms with Gasteiger partial charge in [-0.15, -0.1) is 0 Å². The van der Waals surface area contributed by atoms with E-state index in [9.17, 15) is 0 Å². The van der Waals surface area contributed by atoms with Crippen molar-refractivity contribution in [3.8, 4) is 39.3 Å². The molecule has 0 atom stereocenters. The molecule has 5 nitrogen and oxygen atoms in total. The van der Waals surface area contributed by atoms with Crippen molar-refractivity contribution in [3.63, 3.8) is 0 Å². The number of imidazole rings is 1. The van der Waals surface area contributed by atoms with Gasteiger partial charge < -0.3 is 4.42 Å². The summed E-state index contributed by atoms with van der Waals surface area (Å²) in [7, 11) is 2.19. The highest BCUT2D eigenvalue weighted by Gasteiger charge is 2.34. The average molecular weight is 684 g/mol. The SMILES string of the molecule is Cc1ccc2c(oc3cc(-c4cnc(C(C)(C)C)nc4)ccc32)c1-c1n(-c2c(C(C)C)cc(-c3ccccc3)cc2C(C)C)c2ccccc2[n+]1C. The molecule has 0 spiro atoms. The Bertz CT molecular complexity index is 2590. The Morgan fingerprint density at radius 3 is 1.96 bits per heavy atom. The van der Waals surface area contributed by atoms with Crippen molar-refractivity contribution in [2.24, 2.45) is 7.05 Å². The summed E-state index contributed by atoms with van der Waals surface area (Å²) in [6.07, 6.45) is 3.85. The van der Waals surface area contributed by atoms with Crippen LogP contribution in [-0.4, -0.2) is 14.5 Å². The molecule has 260 valence electrons. The van der Waals surface area contributed by atoms with Gasteiger partial charge in [0.25, 0.3) is 5.82 Å². The van der Waals surface area contributed by atoms with Crippen LogP contribution in [0.1, 0.15) is 82.8 Å². The molecular formula is C47H47N4O+. The van der Waals surface area contributed by atoms with Crippen LogP contribution in [0, 0.1) is 6.92 Å². The third kappa shape index (κ3) is 5.51. The minimum absolute atomic E-state index is 0.107. The zero-order valence-corrected chi connectivity index (χ0v) is 31.7. The number of para-hydroxylation sites is 2. The van der Waals surface area contributed by atoms with E-state index in [2.05, 4.69) is 169 Å². The molecule has 0 radical (unpaired) electrons. The Labute approximate surface area is 306 Å². The normalized spacial score (nSPS) is 12.3. The van der Waals surface area contributed by atoms with Crippen LogP contribution in [0.15, 0.2) is 114 Å². The summed E-state index contributed by atoms with van der Waals surface area (Å²) in [4.78, 5) is 9.40. The predicted molar refractivity (Wildman–Crippen MR) is 215 cm³/mol. The van der Waals surface area contributed by atoms with Crippen molar-refractivity contribution in [2.45, 2.75) is 72.6 Å². The highest BCUT2D eigenvalue weighted by atomic mass is 16.3. The number of fused-ring (bicyclic) bond motifs is 4. The zero-order valence-electron chi connectivity index (χ0n) is 31.7. The first-order chi connectivity index (χ1) is 24.9. The molecule has 0 saturated carbocycles. The summed E-state index contributed by atoms with van der Waals surface area (Å²) >= 11 is 0. The van der Waals surface area contributed by atoms with E-state index in [1.807, 2.05) is 12.4 Å². The van der Waals surface area contributed by atoms with E-state index >= 15 is 0 Å². The summed E-state index contributed by atoms with van der Waals surface area (Å²) < 4.78 is 11.8. The van der Waals surface area contributed by atoms with Crippen LogP contribution in [0.4, 0.5) is 0 Å². The molecule has 0 aliphatic rings. The van der Waals surface area contributed by atoms with E-state index in [-0.39, 0.29) is 5.41 Å². The first-order valence-corrected chi connectivity index (χ1v) is 18.4. The molecule has 8 rings (SSSR count). The third-order valence-corrected chi connectivity index (χ3v) is 10.5. The van der Waals surface area contributed by atoms with E-state index in [1.165, 1.54) is 39.0 Å². The summed E-state index contributed by atoms with van der Waals surface area (Å²) in [6, 6.07) is 35.3. The molecule has 5 heteroatoms. The lowest BCUT2D eigenvalue weighted by molar-refractivity contribution is -0.633. The number of nitrogens with zero attached hydrogens (tertiary/aromatic N) is 4. The van der Waals surface area contributed by atoms with Crippen LogP contribution >= 0.6 is 0 Å². The van der Waals surface area contributed by atoms with E-state index in [4.69, 9.17) is 14.4 Å². The first kappa shape index (κ1) is 33.6. The van der Waals surface area contributed by atoms with Gasteiger partial charge in [0, 0.05) is 45.3 Å². The van der Waals surface area contributed by atoms with Crippen LogP contribution in [-0.2, 0) is 12.5 Å². The van der Waals surface area contributed by atoms with Crippen molar-refractivity contribution in [1.29, 1.82) is 0 Å². The Balaban J connectivity index is 1.41. The van der Waals surface area contributed by atoms with Gasteiger partial charge in [-0.3, -0.25) is 0 Å². The molecule has 0 aliphatic carbocycles. The lowest BCUT2D eigenvalue weighted by atomic mass is 9.88. The highest BCUT2D eigenvalue weighted by molar-refractivity contribution is 6.10. The van der Waals surface area contributed by atoms with E-state index in [0.29, 0.717) is 11.8 Å². The van der Waals surface area contributed by atoms with Crippen LogP contribution in [0.2, 0.25) is 0 Å². The molecule has 8 aromatic rings. The second-order valence-electron chi connectivity index (χ2n) is 15.9. The summed E-state index contributed by atoms with van der Waals surface area (Å²) in [5.74, 6) is 2.52. The van der Waals surface area contributed by atoms with Crippen LogP contribution in [0.5, 0.6) is 0 Å². The minimum Gasteiger partial charge on any atom is -0.455 e. The maximum Gasteiger partial charge on any atom is 0.299 e. The molecule has 0 bridgehead atoms. The fourth-order valence-electron chi connectivity index (χ4n) is 7.70. The van der Waals surface area contributed by atoms with Gasteiger partial charge in [0.15, 0.2) is 16.6 Å². The number of aromatic nitrogens is 4. The Morgan fingerprint density at radius 1 is 0.673 bits per heavy atom. The van der Waals surface area contributed by atoms with Gasteiger partial charge in [0.1, 0.15) is 22.7 Å². The molecule has 0 amide bonds. The molecule has 0 saturated heterocycles. The van der Waals surface area contributed by atoms with E-state index in [1.54, 1.807) is 0 Å². The average Bonchev–Trinajstić information content (AvgIpc) is 3.65. The molecule has 0 aliphatic heterocycles. The monoisotopic (exact) mass is 683 g/mol. The highest BCUT2D eigenvalue weighted by Crippen LogP contribution is 2.43. The number of furan rings is 1. The zero-order chi connectivity index (χ0) is 36.5. The second-order valence-corrected chi connectivity index (χ2v) is 15.9. The van der Waals surface area contributed by atoms with Crippen LogP contribution < -0.4 is 4.57 Å². The molecule has 0 N–H and O–H groups in total. The smallest absolute Gasteiger partial charge is 0.299 e. The van der Waals surface area contributed by atoms with Gasteiger partial charge in [-0.1, -0.05) is 109 Å². The van der Waals surface area contributed by atoms with Gasteiger partial charge in [-0.05, 0) is 77.4 Å².